The lowest BCUT2D eigenvalue weighted by atomic mass is 10.1. The van der Waals surface area contributed by atoms with Gasteiger partial charge in [0.1, 0.15) is 0 Å². The van der Waals surface area contributed by atoms with E-state index in [4.69, 9.17) is 4.74 Å². The molecule has 0 radical (unpaired) electrons. The van der Waals surface area contributed by atoms with Crippen LogP contribution in [0.4, 0.5) is 16.5 Å². The number of benzene rings is 1. The molecule has 2 rings (SSSR count). The molecule has 1 heterocycles. The van der Waals surface area contributed by atoms with Gasteiger partial charge in [0.25, 0.3) is 5.91 Å². The molecular weight excluding hydrogens is 420 g/mol. The van der Waals surface area contributed by atoms with Gasteiger partial charge in [0.2, 0.25) is 15.9 Å². The summed E-state index contributed by atoms with van der Waals surface area (Å²) in [6, 6.07) is 4.18. The van der Waals surface area contributed by atoms with Gasteiger partial charge in [0, 0.05) is 18.0 Å². The van der Waals surface area contributed by atoms with Gasteiger partial charge < -0.3 is 10.1 Å². The fourth-order valence-corrected chi connectivity index (χ4v) is 3.55. The second-order valence-electron chi connectivity index (χ2n) is 5.90. The third-order valence-electron chi connectivity index (χ3n) is 3.28. The monoisotopic (exact) mass is 440 g/mol. The third-order valence-corrected chi connectivity index (χ3v) is 4.68. The maximum absolute atomic E-state index is 12.7. The Balaban J connectivity index is 2.24. The smallest absolute Gasteiger partial charge is 0.311 e. The lowest BCUT2D eigenvalue weighted by molar-refractivity contribution is -0.142. The van der Waals surface area contributed by atoms with E-state index in [1.54, 1.807) is 12.3 Å². The van der Waals surface area contributed by atoms with Gasteiger partial charge in [0.15, 0.2) is 5.13 Å². The molecule has 0 fully saturated rings. The zero-order valence-corrected chi connectivity index (χ0v) is 17.6. The number of esters is 1. The predicted octanol–water partition coefficient (Wildman–Crippen LogP) is 1.83. The highest BCUT2D eigenvalue weighted by molar-refractivity contribution is 7.92. The van der Waals surface area contributed by atoms with Crippen LogP contribution < -0.4 is 15.4 Å². The number of nitrogens with zero attached hydrogens (tertiary/aromatic N) is 1. The minimum Gasteiger partial charge on any atom is -0.466 e. The van der Waals surface area contributed by atoms with E-state index in [-0.39, 0.29) is 35.3 Å². The molecule has 0 saturated heterocycles. The van der Waals surface area contributed by atoms with Crippen molar-refractivity contribution >= 4 is 55.7 Å². The van der Waals surface area contributed by atoms with E-state index in [1.807, 2.05) is 0 Å². The highest BCUT2D eigenvalue weighted by Gasteiger charge is 2.17. The van der Waals surface area contributed by atoms with Crippen LogP contribution in [0.3, 0.4) is 0 Å². The van der Waals surface area contributed by atoms with E-state index in [0.717, 1.165) is 17.6 Å². The van der Waals surface area contributed by atoms with Crippen molar-refractivity contribution in [1.82, 2.24) is 4.98 Å². The molecule has 10 nitrogen and oxygen atoms in total. The molecule has 0 aliphatic rings. The molecule has 0 spiro atoms. The molecule has 0 aliphatic heterocycles. The molecule has 29 heavy (non-hydrogen) atoms. The van der Waals surface area contributed by atoms with Crippen molar-refractivity contribution in [2.75, 3.05) is 28.2 Å². The fraction of sp³-hybridized carbons (Fsp3) is 0.294. The van der Waals surface area contributed by atoms with Gasteiger partial charge >= 0.3 is 5.97 Å². The van der Waals surface area contributed by atoms with E-state index < -0.39 is 21.9 Å². The highest BCUT2D eigenvalue weighted by Crippen LogP contribution is 2.24. The van der Waals surface area contributed by atoms with Gasteiger partial charge in [-0.3, -0.25) is 24.4 Å². The second kappa shape index (κ2) is 9.47. The SMILES string of the molecule is CCOC(=O)Cc1csc(NC(=O)c2cc(NC(C)=O)ccc2NS(C)(=O)=O)n1. The van der Waals surface area contributed by atoms with Gasteiger partial charge in [-0.15, -0.1) is 11.3 Å². The predicted molar refractivity (Wildman–Crippen MR) is 110 cm³/mol. The Hall–Kier alpha value is -2.99. The Bertz CT molecular complexity index is 1030. The van der Waals surface area contributed by atoms with Crippen LogP contribution >= 0.6 is 11.3 Å². The summed E-state index contributed by atoms with van der Waals surface area (Å²) in [5.41, 5.74) is 0.792. The number of thiazole rings is 1. The summed E-state index contributed by atoms with van der Waals surface area (Å²) in [5, 5.41) is 6.92. The summed E-state index contributed by atoms with van der Waals surface area (Å²) in [7, 11) is -3.64. The van der Waals surface area contributed by atoms with Crippen LogP contribution in [-0.2, 0) is 30.8 Å². The lowest BCUT2D eigenvalue weighted by Gasteiger charge is -2.12. The molecule has 0 atom stereocenters. The van der Waals surface area contributed by atoms with Gasteiger partial charge in [-0.2, -0.15) is 0 Å². The third kappa shape index (κ3) is 7.16. The van der Waals surface area contributed by atoms with E-state index in [2.05, 4.69) is 20.3 Å². The van der Waals surface area contributed by atoms with Crippen LogP contribution in [-0.4, -0.2) is 44.0 Å². The molecule has 12 heteroatoms. The minimum atomic E-state index is -3.64. The number of hydrogen-bond acceptors (Lipinski definition) is 8. The molecule has 156 valence electrons. The summed E-state index contributed by atoms with van der Waals surface area (Å²) in [5.74, 6) is -1.41. The number of anilines is 3. The number of carbonyl (C=O) groups is 3. The topological polar surface area (TPSA) is 144 Å². The van der Waals surface area contributed by atoms with Crippen molar-refractivity contribution in [3.8, 4) is 0 Å². The standard InChI is InChI=1S/C17H20N4O6S2/c1-4-27-15(23)8-12-9-28-17(19-12)20-16(24)13-7-11(18-10(2)22)5-6-14(13)21-29(3,25)26/h5-7,9,21H,4,8H2,1-3H3,(H,18,22)(H,19,20,24). The zero-order valence-electron chi connectivity index (χ0n) is 15.9. The number of carbonyl (C=O) groups excluding carboxylic acids is 3. The number of nitrogens with one attached hydrogen (secondary N) is 3. The Morgan fingerprint density at radius 3 is 2.55 bits per heavy atom. The largest absolute Gasteiger partial charge is 0.466 e. The first-order chi connectivity index (χ1) is 13.6. The van der Waals surface area contributed by atoms with Crippen LogP contribution in [0.2, 0.25) is 0 Å². The zero-order chi connectivity index (χ0) is 21.6. The van der Waals surface area contributed by atoms with Gasteiger partial charge in [-0.25, -0.2) is 13.4 Å². The van der Waals surface area contributed by atoms with Crippen LogP contribution in [0.15, 0.2) is 23.6 Å². The number of hydrogen-bond donors (Lipinski definition) is 3. The number of amides is 2. The van der Waals surface area contributed by atoms with Gasteiger partial charge in [-0.1, -0.05) is 0 Å². The normalized spacial score (nSPS) is 10.9. The Morgan fingerprint density at radius 1 is 1.21 bits per heavy atom. The Kier molecular flexibility index (Phi) is 7.29. The van der Waals surface area contributed by atoms with Crippen molar-refractivity contribution in [3.63, 3.8) is 0 Å². The molecule has 3 N–H and O–H groups in total. The van der Waals surface area contributed by atoms with Crippen molar-refractivity contribution in [1.29, 1.82) is 0 Å². The van der Waals surface area contributed by atoms with E-state index in [9.17, 15) is 22.8 Å². The quantitative estimate of drug-likeness (QED) is 0.531. The molecule has 1 aromatic heterocycles. The first-order valence-corrected chi connectivity index (χ1v) is 11.1. The lowest BCUT2D eigenvalue weighted by Crippen LogP contribution is -2.18. The van der Waals surface area contributed by atoms with Crippen molar-refractivity contribution in [2.24, 2.45) is 0 Å². The van der Waals surface area contributed by atoms with E-state index in [1.165, 1.54) is 25.1 Å². The summed E-state index contributed by atoms with van der Waals surface area (Å²) in [6.07, 6.45) is 0.929. The molecule has 0 saturated carbocycles. The molecule has 1 aromatic carbocycles. The molecular formula is C17H20N4O6S2. The summed E-state index contributed by atoms with van der Waals surface area (Å²) < 4.78 is 30.3. The summed E-state index contributed by atoms with van der Waals surface area (Å²) in [6.45, 7) is 3.26. The van der Waals surface area contributed by atoms with Crippen molar-refractivity contribution in [3.05, 3.63) is 34.8 Å². The molecule has 2 amide bonds. The number of rotatable bonds is 8. The molecule has 0 unspecified atom stereocenters. The average molecular weight is 441 g/mol. The van der Waals surface area contributed by atoms with Crippen molar-refractivity contribution in [2.45, 2.75) is 20.3 Å². The molecule has 2 aromatic rings. The van der Waals surface area contributed by atoms with Crippen LogP contribution in [0, 0.1) is 0 Å². The maximum Gasteiger partial charge on any atom is 0.311 e. The number of ether oxygens (including phenoxy) is 1. The van der Waals surface area contributed by atoms with Crippen LogP contribution in [0.25, 0.3) is 0 Å². The Labute approximate surface area is 171 Å². The summed E-state index contributed by atoms with van der Waals surface area (Å²) >= 11 is 1.11. The molecule has 0 bridgehead atoms. The first-order valence-electron chi connectivity index (χ1n) is 8.38. The second-order valence-corrected chi connectivity index (χ2v) is 8.50. The maximum atomic E-state index is 12.7. The minimum absolute atomic E-state index is 0.0104. The van der Waals surface area contributed by atoms with Crippen molar-refractivity contribution < 1.29 is 27.5 Å². The first kappa shape index (κ1) is 22.3. The van der Waals surface area contributed by atoms with Gasteiger partial charge in [-0.05, 0) is 25.1 Å². The van der Waals surface area contributed by atoms with E-state index >= 15 is 0 Å². The summed E-state index contributed by atoms with van der Waals surface area (Å²) in [4.78, 5) is 39.7. The van der Waals surface area contributed by atoms with Gasteiger partial charge in [0.05, 0.1) is 36.2 Å². The molecule has 0 aliphatic carbocycles. The average Bonchev–Trinajstić information content (AvgIpc) is 3.01. The number of sulfonamides is 1. The van der Waals surface area contributed by atoms with Crippen LogP contribution in [0.5, 0.6) is 0 Å². The van der Waals surface area contributed by atoms with E-state index in [0.29, 0.717) is 11.4 Å². The fourth-order valence-electron chi connectivity index (χ4n) is 2.27. The van der Waals surface area contributed by atoms with Crippen LogP contribution in [0.1, 0.15) is 29.9 Å². The Morgan fingerprint density at radius 2 is 1.93 bits per heavy atom. The number of aromatic nitrogens is 1. The highest BCUT2D eigenvalue weighted by atomic mass is 32.2.